The summed E-state index contributed by atoms with van der Waals surface area (Å²) in [6.45, 7) is 0. The average molecular weight is 332 g/mol. The molecule has 17 heavy (non-hydrogen) atoms. The fourth-order valence-electron chi connectivity index (χ4n) is 1.23. The molecule has 0 bridgehead atoms. The van der Waals surface area contributed by atoms with Gasteiger partial charge in [0.25, 0.3) is 4.84 Å². The van der Waals surface area contributed by atoms with Crippen LogP contribution in [0.4, 0.5) is 17.6 Å². The predicted molar refractivity (Wildman–Crippen MR) is 55.7 cm³/mol. The lowest BCUT2D eigenvalue weighted by Gasteiger charge is -2.10. The van der Waals surface area contributed by atoms with Crippen LogP contribution in [-0.2, 0) is 0 Å². The molecule has 0 spiro atoms. The summed E-state index contributed by atoms with van der Waals surface area (Å²) in [6.07, 6.45) is -5.01. The van der Waals surface area contributed by atoms with Gasteiger partial charge in [-0.3, -0.25) is 0 Å². The van der Waals surface area contributed by atoms with Gasteiger partial charge in [-0.2, -0.15) is 0 Å². The number of oxazole rings is 1. The maximum atomic E-state index is 13.4. The van der Waals surface area contributed by atoms with Crippen molar-refractivity contribution in [3.05, 3.63) is 21.2 Å². The topological polar surface area (TPSA) is 38.2 Å². The third-order valence-electron chi connectivity index (χ3n) is 1.78. The second-order valence-electron chi connectivity index (χ2n) is 2.94. The van der Waals surface area contributed by atoms with E-state index < -0.39 is 17.9 Å². The third kappa shape index (κ3) is 2.44. The quantitative estimate of drug-likeness (QED) is 0.625. The molecule has 0 aliphatic rings. The van der Waals surface area contributed by atoms with Crippen molar-refractivity contribution in [3.63, 3.8) is 0 Å². The molecule has 0 amide bonds. The van der Waals surface area contributed by atoms with Gasteiger partial charge in [0.1, 0.15) is 5.52 Å². The zero-order valence-electron chi connectivity index (χ0n) is 7.69. The van der Waals surface area contributed by atoms with Crippen LogP contribution >= 0.6 is 28.1 Å². The number of alkyl halides is 3. The Morgan fingerprint density at radius 1 is 1.41 bits per heavy atom. The van der Waals surface area contributed by atoms with Gasteiger partial charge in [-0.25, -0.2) is 4.39 Å². The van der Waals surface area contributed by atoms with Crippen molar-refractivity contribution in [3.8, 4) is 5.75 Å². The zero-order chi connectivity index (χ0) is 12.8. The van der Waals surface area contributed by atoms with Gasteiger partial charge in [0, 0.05) is 0 Å². The van der Waals surface area contributed by atoms with E-state index in [1.54, 1.807) is 0 Å². The van der Waals surface area contributed by atoms with Gasteiger partial charge in [0.05, 0.1) is 4.47 Å². The molecule has 1 aromatic heterocycles. The van der Waals surface area contributed by atoms with Crippen LogP contribution in [0.15, 0.2) is 15.0 Å². The molecule has 2 aromatic rings. The Morgan fingerprint density at radius 2 is 2.06 bits per heavy atom. The summed E-state index contributed by atoms with van der Waals surface area (Å²) in [5, 5.41) is 0. The molecule has 0 radical (unpaired) electrons. The number of H-pyrrole nitrogens is 1. The van der Waals surface area contributed by atoms with Gasteiger partial charge in [-0.15, -0.1) is 13.2 Å². The van der Waals surface area contributed by atoms with Crippen LogP contribution < -0.4 is 4.74 Å². The Morgan fingerprint density at radius 3 is 2.65 bits per heavy atom. The van der Waals surface area contributed by atoms with E-state index in [1.165, 1.54) is 0 Å². The van der Waals surface area contributed by atoms with Crippen LogP contribution in [-0.4, -0.2) is 11.3 Å². The highest BCUT2D eigenvalue weighted by Gasteiger charge is 2.34. The molecule has 0 atom stereocenters. The smallest absolute Gasteiger partial charge is 0.428 e. The van der Waals surface area contributed by atoms with Crippen molar-refractivity contribution in [2.45, 2.75) is 6.36 Å². The summed E-state index contributed by atoms with van der Waals surface area (Å²) in [7, 11) is 0. The Hall–Kier alpha value is -1.09. The van der Waals surface area contributed by atoms with E-state index in [0.29, 0.717) is 0 Å². The van der Waals surface area contributed by atoms with Crippen LogP contribution in [0.2, 0.25) is 0 Å². The molecule has 0 fully saturated rings. The molecular formula is C8H2BrF4NO2S. The number of aromatic amines is 1. The summed E-state index contributed by atoms with van der Waals surface area (Å²) in [5.41, 5.74) is -0.338. The second-order valence-corrected chi connectivity index (χ2v) is 4.16. The molecule has 1 aromatic carbocycles. The van der Waals surface area contributed by atoms with Crippen molar-refractivity contribution in [2.24, 2.45) is 0 Å². The molecule has 0 saturated carbocycles. The average Bonchev–Trinajstić information content (AvgIpc) is 2.53. The van der Waals surface area contributed by atoms with Crippen LogP contribution in [0.5, 0.6) is 5.75 Å². The largest absolute Gasteiger partial charge is 0.573 e. The molecule has 3 nitrogen and oxygen atoms in total. The summed E-state index contributed by atoms with van der Waals surface area (Å²) in [4.78, 5) is 2.10. The maximum absolute atomic E-state index is 13.4. The number of ether oxygens (including phenoxy) is 1. The van der Waals surface area contributed by atoms with E-state index in [0.717, 1.165) is 6.07 Å². The summed E-state index contributed by atoms with van der Waals surface area (Å²) in [6, 6.07) is 0.801. The normalized spacial score (nSPS) is 12.1. The van der Waals surface area contributed by atoms with Crippen LogP contribution in [0.3, 0.4) is 0 Å². The molecule has 9 heteroatoms. The number of hydrogen-bond acceptors (Lipinski definition) is 3. The summed E-state index contributed by atoms with van der Waals surface area (Å²) in [5.74, 6) is -2.19. The lowest BCUT2D eigenvalue weighted by atomic mass is 10.3. The summed E-state index contributed by atoms with van der Waals surface area (Å²) >= 11 is 7.55. The number of hydrogen-bond donors (Lipinski definition) is 1. The molecule has 0 aliphatic heterocycles. The van der Waals surface area contributed by atoms with Crippen LogP contribution in [0.25, 0.3) is 11.1 Å². The number of benzene rings is 1. The highest BCUT2D eigenvalue weighted by Crippen LogP contribution is 2.36. The Bertz CT molecular complexity index is 633. The molecule has 1 N–H and O–H groups in total. The molecule has 2 rings (SSSR count). The highest BCUT2D eigenvalue weighted by atomic mass is 79.9. The van der Waals surface area contributed by atoms with E-state index in [2.05, 4.69) is 37.9 Å². The minimum absolute atomic E-state index is 0.0457. The second kappa shape index (κ2) is 3.98. The zero-order valence-corrected chi connectivity index (χ0v) is 10.1. The Balaban J connectivity index is 2.73. The van der Waals surface area contributed by atoms with Crippen molar-refractivity contribution in [2.75, 3.05) is 0 Å². The molecule has 0 unspecified atom stereocenters. The van der Waals surface area contributed by atoms with E-state index in [1.807, 2.05) is 0 Å². The van der Waals surface area contributed by atoms with E-state index in [9.17, 15) is 17.6 Å². The predicted octanol–water partition coefficient (Wildman–Crippen LogP) is 4.29. The van der Waals surface area contributed by atoms with Gasteiger partial charge >= 0.3 is 6.36 Å². The monoisotopic (exact) mass is 331 g/mol. The lowest BCUT2D eigenvalue weighted by Crippen LogP contribution is -2.18. The summed E-state index contributed by atoms with van der Waals surface area (Å²) < 4.78 is 58.2. The van der Waals surface area contributed by atoms with Crippen LogP contribution in [0.1, 0.15) is 0 Å². The number of halogens is 5. The number of fused-ring (bicyclic) bond motifs is 1. The molecule has 1 heterocycles. The number of aromatic nitrogens is 1. The van der Waals surface area contributed by atoms with E-state index in [-0.39, 0.29) is 20.4 Å². The fourth-order valence-corrected chi connectivity index (χ4v) is 1.90. The van der Waals surface area contributed by atoms with Crippen molar-refractivity contribution in [1.29, 1.82) is 0 Å². The van der Waals surface area contributed by atoms with Crippen LogP contribution in [0, 0.1) is 10.7 Å². The first kappa shape index (κ1) is 12.4. The van der Waals surface area contributed by atoms with Crippen molar-refractivity contribution in [1.82, 2.24) is 4.98 Å². The first-order valence-electron chi connectivity index (χ1n) is 4.04. The first-order chi connectivity index (χ1) is 7.78. The first-order valence-corrected chi connectivity index (χ1v) is 5.24. The van der Waals surface area contributed by atoms with Gasteiger partial charge < -0.3 is 14.1 Å². The SMILES string of the molecule is Fc1cc(Br)c2oc(=S)[nH]c2c1OC(F)(F)F. The fraction of sp³-hybridized carbons (Fsp3) is 0.125. The van der Waals surface area contributed by atoms with Gasteiger partial charge in [0.2, 0.25) is 0 Å². The Labute approximate surface area is 104 Å². The minimum atomic E-state index is -5.01. The van der Waals surface area contributed by atoms with Gasteiger partial charge in [-0.1, -0.05) is 0 Å². The maximum Gasteiger partial charge on any atom is 0.573 e. The highest BCUT2D eigenvalue weighted by molar-refractivity contribution is 9.10. The number of nitrogens with one attached hydrogen (secondary N) is 1. The lowest BCUT2D eigenvalue weighted by molar-refractivity contribution is -0.275. The molecular weight excluding hydrogens is 330 g/mol. The minimum Gasteiger partial charge on any atom is -0.428 e. The Kier molecular flexibility index (Phi) is 2.90. The molecule has 92 valence electrons. The van der Waals surface area contributed by atoms with Crippen molar-refractivity contribution < 1.29 is 26.7 Å². The third-order valence-corrected chi connectivity index (χ3v) is 2.56. The molecule has 0 aliphatic carbocycles. The van der Waals surface area contributed by atoms with Gasteiger partial charge in [0.15, 0.2) is 17.1 Å². The number of rotatable bonds is 1. The van der Waals surface area contributed by atoms with E-state index >= 15 is 0 Å². The van der Waals surface area contributed by atoms with Crippen molar-refractivity contribution >= 4 is 39.2 Å². The van der Waals surface area contributed by atoms with Gasteiger partial charge in [-0.05, 0) is 34.2 Å². The molecule has 0 saturated heterocycles. The van der Waals surface area contributed by atoms with E-state index in [4.69, 9.17) is 4.42 Å². The standard InChI is InChI=1S/C8H2BrF4NO2S/c9-2-1-3(10)6(16-8(11,12)13)4-5(2)15-7(17)14-4/h1H,(H,14,17).